The molecular weight excluding hydrogens is 451 g/mol. The Labute approximate surface area is 195 Å². The molecule has 1 N–H and O–H groups in total. The van der Waals surface area contributed by atoms with E-state index in [0.717, 1.165) is 23.4 Å². The minimum absolute atomic E-state index is 0.0893. The van der Waals surface area contributed by atoms with Crippen molar-refractivity contribution in [2.75, 3.05) is 20.6 Å². The first-order valence-electron chi connectivity index (χ1n) is 10.8. The number of rotatable bonds is 4. The monoisotopic (exact) mass is 475 g/mol. The van der Waals surface area contributed by atoms with Crippen molar-refractivity contribution in [3.8, 4) is 0 Å². The summed E-state index contributed by atoms with van der Waals surface area (Å²) in [5, 5.41) is 0.980. The molecule has 1 aliphatic carbocycles. The summed E-state index contributed by atoms with van der Waals surface area (Å²) < 4.78 is 39.0. The van der Waals surface area contributed by atoms with E-state index < -0.39 is 11.7 Å². The summed E-state index contributed by atoms with van der Waals surface area (Å²) >= 11 is 6.13. The summed E-state index contributed by atoms with van der Waals surface area (Å²) in [6, 6.07) is 10.6. The molecule has 1 aliphatic rings. The number of hydrogen-bond donors (Lipinski definition) is 1. The lowest BCUT2D eigenvalue weighted by Crippen LogP contribution is -2.31. The predicted molar refractivity (Wildman–Crippen MR) is 127 cm³/mol. The van der Waals surface area contributed by atoms with Gasteiger partial charge in [-0.05, 0) is 75.7 Å². The molecule has 0 fully saturated rings. The third kappa shape index (κ3) is 4.84. The minimum atomic E-state index is -4.38. The molecule has 8 heteroatoms. The van der Waals surface area contributed by atoms with Crippen LogP contribution in [0.4, 0.5) is 13.2 Å². The molecule has 4 nitrogen and oxygen atoms in total. The standard InChI is InChI=1S/C25H25ClF3N3O/c1-14(32(2)3)13-30-21-10-16(15-4-6-17(7-5-15)25(27,28)29)11-22-23(21)24(33)19-12-18(26)8-9-20(19)31-22/h4-9,12,14,16H,10-11,13H2,1-3H3,(H,31,33). The van der Waals surface area contributed by atoms with E-state index in [1.165, 1.54) is 12.1 Å². The number of aliphatic imine (C=N–C) groups is 1. The molecule has 2 unspecified atom stereocenters. The van der Waals surface area contributed by atoms with E-state index in [1.54, 1.807) is 18.2 Å². The van der Waals surface area contributed by atoms with Crippen LogP contribution in [-0.2, 0) is 12.6 Å². The fourth-order valence-electron chi connectivity index (χ4n) is 4.15. The van der Waals surface area contributed by atoms with E-state index in [0.29, 0.717) is 46.6 Å². The molecule has 0 amide bonds. The van der Waals surface area contributed by atoms with Crippen molar-refractivity contribution in [1.82, 2.24) is 9.88 Å². The summed E-state index contributed by atoms with van der Waals surface area (Å²) in [4.78, 5) is 23.6. The number of aromatic nitrogens is 1. The van der Waals surface area contributed by atoms with Crippen molar-refractivity contribution >= 4 is 28.2 Å². The average molecular weight is 476 g/mol. The molecule has 0 radical (unpaired) electrons. The molecule has 0 saturated carbocycles. The predicted octanol–water partition coefficient (Wildman–Crippen LogP) is 5.67. The number of nitrogens with zero attached hydrogens (tertiary/aromatic N) is 2. The number of likely N-dealkylation sites (N-methyl/N-ethyl adjacent to an activating group) is 1. The van der Waals surface area contributed by atoms with Gasteiger partial charge in [0.15, 0.2) is 5.43 Å². The number of pyridine rings is 1. The highest BCUT2D eigenvalue weighted by molar-refractivity contribution is 6.31. The van der Waals surface area contributed by atoms with Crippen LogP contribution in [0.5, 0.6) is 0 Å². The van der Waals surface area contributed by atoms with E-state index in [4.69, 9.17) is 16.6 Å². The van der Waals surface area contributed by atoms with E-state index >= 15 is 0 Å². The minimum Gasteiger partial charge on any atom is -0.358 e. The number of H-pyrrole nitrogens is 1. The maximum atomic E-state index is 13.4. The van der Waals surface area contributed by atoms with Gasteiger partial charge in [-0.25, -0.2) is 0 Å². The second-order valence-corrected chi connectivity index (χ2v) is 9.26. The molecular formula is C25H25ClF3N3O. The Balaban J connectivity index is 1.80. The lowest BCUT2D eigenvalue weighted by Gasteiger charge is -2.27. The number of alkyl halides is 3. The number of benzene rings is 2. The van der Waals surface area contributed by atoms with Gasteiger partial charge in [0, 0.05) is 33.4 Å². The Morgan fingerprint density at radius 1 is 1.15 bits per heavy atom. The molecule has 3 aromatic rings. The van der Waals surface area contributed by atoms with Gasteiger partial charge in [0.1, 0.15) is 0 Å². The van der Waals surface area contributed by atoms with Gasteiger partial charge in [-0.3, -0.25) is 9.79 Å². The molecule has 4 rings (SSSR count). The van der Waals surface area contributed by atoms with Crippen LogP contribution in [0.15, 0.2) is 52.3 Å². The number of fused-ring (bicyclic) bond motifs is 2. The van der Waals surface area contributed by atoms with Gasteiger partial charge in [-0.2, -0.15) is 13.2 Å². The van der Waals surface area contributed by atoms with Crippen LogP contribution in [0.1, 0.15) is 41.6 Å². The molecule has 0 bridgehead atoms. The smallest absolute Gasteiger partial charge is 0.358 e. The van der Waals surface area contributed by atoms with Gasteiger partial charge in [0.25, 0.3) is 0 Å². The molecule has 0 spiro atoms. The highest BCUT2D eigenvalue weighted by Gasteiger charge is 2.32. The van der Waals surface area contributed by atoms with Crippen LogP contribution in [0, 0.1) is 0 Å². The van der Waals surface area contributed by atoms with Gasteiger partial charge in [-0.15, -0.1) is 0 Å². The molecule has 1 heterocycles. The summed E-state index contributed by atoms with van der Waals surface area (Å²) in [7, 11) is 3.93. The van der Waals surface area contributed by atoms with Crippen LogP contribution in [0.3, 0.4) is 0 Å². The van der Waals surface area contributed by atoms with E-state index in [-0.39, 0.29) is 17.4 Å². The lowest BCUT2D eigenvalue weighted by atomic mass is 9.80. The van der Waals surface area contributed by atoms with Crippen molar-refractivity contribution in [2.24, 2.45) is 4.99 Å². The summed E-state index contributed by atoms with van der Waals surface area (Å²) in [5.41, 5.74) is 2.66. The molecule has 2 aromatic carbocycles. The summed E-state index contributed by atoms with van der Waals surface area (Å²) in [6.45, 7) is 2.56. The number of aromatic amines is 1. The normalized spacial score (nSPS) is 18.7. The highest BCUT2D eigenvalue weighted by Crippen LogP contribution is 2.35. The largest absolute Gasteiger partial charge is 0.416 e. The van der Waals surface area contributed by atoms with Crippen molar-refractivity contribution in [1.29, 1.82) is 0 Å². The molecule has 174 valence electrons. The SMILES string of the molecule is CC(CN=C1CC(c2ccc(C(F)(F)F)cc2)Cc2[nH]c3ccc(Cl)cc3c(=O)c21)N(C)C. The fraction of sp³-hybridized carbons (Fsp3) is 0.360. The first-order valence-corrected chi connectivity index (χ1v) is 11.1. The summed E-state index contributed by atoms with van der Waals surface area (Å²) in [5.74, 6) is -0.0893. The van der Waals surface area contributed by atoms with Crippen molar-refractivity contribution in [3.05, 3.63) is 80.1 Å². The maximum absolute atomic E-state index is 13.4. The highest BCUT2D eigenvalue weighted by atomic mass is 35.5. The number of nitrogens with one attached hydrogen (secondary N) is 1. The van der Waals surface area contributed by atoms with Gasteiger partial charge >= 0.3 is 6.18 Å². The van der Waals surface area contributed by atoms with Crippen LogP contribution in [-0.4, -0.2) is 42.3 Å². The third-order valence-electron chi connectivity index (χ3n) is 6.36. The quantitative estimate of drug-likeness (QED) is 0.528. The molecule has 2 atom stereocenters. The van der Waals surface area contributed by atoms with Crippen molar-refractivity contribution < 1.29 is 13.2 Å². The van der Waals surface area contributed by atoms with Crippen LogP contribution < -0.4 is 5.43 Å². The van der Waals surface area contributed by atoms with Crippen LogP contribution >= 0.6 is 11.6 Å². The Morgan fingerprint density at radius 3 is 2.48 bits per heavy atom. The van der Waals surface area contributed by atoms with Crippen LogP contribution in [0.2, 0.25) is 5.02 Å². The van der Waals surface area contributed by atoms with E-state index in [2.05, 4.69) is 4.98 Å². The number of halogens is 4. The molecule has 0 saturated heterocycles. The van der Waals surface area contributed by atoms with Gasteiger partial charge < -0.3 is 9.88 Å². The zero-order valence-corrected chi connectivity index (χ0v) is 19.4. The van der Waals surface area contributed by atoms with E-state index in [9.17, 15) is 18.0 Å². The topological polar surface area (TPSA) is 48.5 Å². The van der Waals surface area contributed by atoms with Gasteiger partial charge in [0.05, 0.1) is 17.7 Å². The van der Waals surface area contributed by atoms with E-state index in [1.807, 2.05) is 25.9 Å². The lowest BCUT2D eigenvalue weighted by molar-refractivity contribution is -0.137. The zero-order valence-electron chi connectivity index (χ0n) is 18.6. The maximum Gasteiger partial charge on any atom is 0.416 e. The molecule has 1 aromatic heterocycles. The van der Waals surface area contributed by atoms with Crippen molar-refractivity contribution in [3.63, 3.8) is 0 Å². The van der Waals surface area contributed by atoms with Gasteiger partial charge in [0.2, 0.25) is 0 Å². The number of hydrogen-bond acceptors (Lipinski definition) is 3. The van der Waals surface area contributed by atoms with Crippen molar-refractivity contribution in [2.45, 2.75) is 37.9 Å². The second kappa shape index (κ2) is 8.95. The zero-order chi connectivity index (χ0) is 23.9. The first-order chi connectivity index (χ1) is 15.5. The Bertz CT molecular complexity index is 1260. The first kappa shape index (κ1) is 23.5. The average Bonchev–Trinajstić information content (AvgIpc) is 2.77. The molecule has 33 heavy (non-hydrogen) atoms. The third-order valence-corrected chi connectivity index (χ3v) is 6.59. The Kier molecular flexibility index (Phi) is 6.38. The van der Waals surface area contributed by atoms with Gasteiger partial charge in [-0.1, -0.05) is 23.7 Å². The second-order valence-electron chi connectivity index (χ2n) is 8.82. The molecule has 0 aliphatic heterocycles. The Hall–Kier alpha value is -2.64. The summed E-state index contributed by atoms with van der Waals surface area (Å²) in [6.07, 6.45) is -3.39. The van der Waals surface area contributed by atoms with Crippen LogP contribution in [0.25, 0.3) is 10.9 Å². The fourth-order valence-corrected chi connectivity index (χ4v) is 4.32. The Morgan fingerprint density at radius 2 is 1.85 bits per heavy atom.